The van der Waals surface area contributed by atoms with Crippen LogP contribution in [0.15, 0.2) is 0 Å². The second-order valence-electron chi connectivity index (χ2n) is 11.8. The zero-order chi connectivity index (χ0) is 30.6. The number of carboxylic acid groups (broad SMARTS) is 2. The van der Waals surface area contributed by atoms with Crippen molar-refractivity contribution >= 4 is 23.9 Å². The van der Waals surface area contributed by atoms with Crippen molar-refractivity contribution in [2.45, 2.75) is 186 Å². The Bertz CT molecular complexity index is 693. The maximum Gasteiger partial charge on any atom is 0.336 e. The molecule has 0 aliphatic rings. The Morgan fingerprint density at radius 3 is 1.10 bits per heavy atom. The van der Waals surface area contributed by atoms with Gasteiger partial charge in [0.15, 0.2) is 5.60 Å². The molecule has 240 valence electrons. The number of rotatable bonds is 30. The van der Waals surface area contributed by atoms with Gasteiger partial charge in [-0.25, -0.2) is 4.79 Å². The lowest BCUT2D eigenvalue weighted by Crippen LogP contribution is -2.43. The Kier molecular flexibility index (Phi) is 25.6. The molecular formula is C33H60O8. The first-order valence-electron chi connectivity index (χ1n) is 16.6. The molecule has 1 unspecified atom stereocenters. The highest BCUT2D eigenvalue weighted by molar-refractivity contribution is 5.92. The molecule has 0 radical (unpaired) electrons. The minimum Gasteiger partial charge on any atom is -0.481 e. The van der Waals surface area contributed by atoms with E-state index < -0.39 is 42.3 Å². The van der Waals surface area contributed by atoms with Gasteiger partial charge in [-0.3, -0.25) is 14.4 Å². The van der Waals surface area contributed by atoms with E-state index in [0.717, 1.165) is 19.3 Å². The van der Waals surface area contributed by atoms with Gasteiger partial charge in [-0.2, -0.15) is 0 Å². The van der Waals surface area contributed by atoms with Crippen LogP contribution in [0.1, 0.15) is 180 Å². The van der Waals surface area contributed by atoms with E-state index in [1.807, 2.05) is 0 Å². The molecule has 0 heterocycles. The first kappa shape index (κ1) is 39.0. The Labute approximate surface area is 249 Å². The second-order valence-corrected chi connectivity index (χ2v) is 11.8. The van der Waals surface area contributed by atoms with E-state index in [1.54, 1.807) is 0 Å². The van der Waals surface area contributed by atoms with Crippen LogP contribution in [-0.2, 0) is 23.9 Å². The number of carboxylic acids is 2. The van der Waals surface area contributed by atoms with Gasteiger partial charge < -0.3 is 20.1 Å². The Balaban J connectivity index is 3.43. The van der Waals surface area contributed by atoms with Crippen molar-refractivity contribution in [3.8, 4) is 0 Å². The molecule has 0 fully saturated rings. The van der Waals surface area contributed by atoms with Gasteiger partial charge in [-0.1, -0.05) is 155 Å². The molecule has 0 aromatic rings. The smallest absolute Gasteiger partial charge is 0.336 e. The number of aliphatic carboxylic acids is 2. The lowest BCUT2D eigenvalue weighted by molar-refractivity contribution is -0.174. The molecule has 3 N–H and O–H groups in total. The molecule has 0 saturated heterocycles. The zero-order valence-electron chi connectivity index (χ0n) is 26.0. The molecule has 8 nitrogen and oxygen atoms in total. The summed E-state index contributed by atoms with van der Waals surface area (Å²) in [6.45, 7) is 2.27. The fraction of sp³-hybridized carbons (Fsp3) is 0.879. The van der Waals surface area contributed by atoms with Crippen LogP contribution in [0.3, 0.4) is 0 Å². The van der Waals surface area contributed by atoms with Crippen molar-refractivity contribution in [3.63, 3.8) is 0 Å². The summed E-state index contributed by atoms with van der Waals surface area (Å²) in [5.41, 5.74) is -2.80. The molecule has 0 aromatic carbocycles. The molecule has 0 rings (SSSR count). The lowest BCUT2D eigenvalue weighted by atomic mass is 9.96. The minimum absolute atomic E-state index is 0.0232. The fourth-order valence-electron chi connectivity index (χ4n) is 5.15. The summed E-state index contributed by atoms with van der Waals surface area (Å²) in [6, 6.07) is 0. The van der Waals surface area contributed by atoms with Crippen LogP contribution in [0.25, 0.3) is 0 Å². The van der Waals surface area contributed by atoms with Crippen LogP contribution < -0.4 is 0 Å². The van der Waals surface area contributed by atoms with Gasteiger partial charge in [0.05, 0.1) is 12.8 Å². The topological polar surface area (TPSA) is 138 Å². The summed E-state index contributed by atoms with van der Waals surface area (Å²) in [4.78, 5) is 45.3. The fourth-order valence-corrected chi connectivity index (χ4v) is 5.15. The zero-order valence-corrected chi connectivity index (χ0v) is 26.0. The summed E-state index contributed by atoms with van der Waals surface area (Å²) in [5, 5.41) is 27.5. The monoisotopic (exact) mass is 584 g/mol. The van der Waals surface area contributed by atoms with Gasteiger partial charge in [0, 0.05) is 6.42 Å². The summed E-state index contributed by atoms with van der Waals surface area (Å²) in [6.07, 6.45) is 28.6. The Hall–Kier alpha value is -1.96. The van der Waals surface area contributed by atoms with E-state index in [2.05, 4.69) is 11.7 Å². The summed E-state index contributed by atoms with van der Waals surface area (Å²) >= 11 is 0. The van der Waals surface area contributed by atoms with Crippen LogP contribution >= 0.6 is 0 Å². The van der Waals surface area contributed by atoms with Gasteiger partial charge in [-0.15, -0.1) is 0 Å². The molecule has 0 spiro atoms. The van der Waals surface area contributed by atoms with Gasteiger partial charge in [0.25, 0.3) is 0 Å². The van der Waals surface area contributed by atoms with Crippen molar-refractivity contribution in [3.05, 3.63) is 0 Å². The third-order valence-corrected chi connectivity index (χ3v) is 7.74. The first-order chi connectivity index (χ1) is 19.7. The Morgan fingerprint density at radius 1 is 0.488 bits per heavy atom. The van der Waals surface area contributed by atoms with Crippen LogP contribution in [-0.4, -0.2) is 44.8 Å². The van der Waals surface area contributed by atoms with Crippen molar-refractivity contribution < 1.29 is 39.2 Å². The number of esters is 2. The average molecular weight is 585 g/mol. The standard InChI is InChI=1S/C33H60O8/c1-2-3-4-5-6-7-8-9-10-11-12-13-14-15-16-17-18-19-20-21-22-23-24-25-26-30(36)41-31(37)28-33(40,32(38)39)27-29(34)35/h40H,2-28H2,1H3,(H,34,35)(H,38,39). The predicted octanol–water partition coefficient (Wildman–Crippen LogP) is 8.51. The number of hydrogen-bond acceptors (Lipinski definition) is 6. The molecule has 0 aliphatic carbocycles. The number of ether oxygens (including phenoxy) is 1. The van der Waals surface area contributed by atoms with Gasteiger partial charge in [-0.05, 0) is 6.42 Å². The average Bonchev–Trinajstić information content (AvgIpc) is 2.90. The highest BCUT2D eigenvalue weighted by Crippen LogP contribution is 2.18. The highest BCUT2D eigenvalue weighted by atomic mass is 16.6. The molecule has 0 saturated carbocycles. The molecule has 0 aromatic heterocycles. The van der Waals surface area contributed by atoms with Crippen LogP contribution in [0.4, 0.5) is 0 Å². The molecule has 8 heteroatoms. The van der Waals surface area contributed by atoms with Crippen LogP contribution in [0, 0.1) is 0 Å². The van der Waals surface area contributed by atoms with Gasteiger partial charge in [0.1, 0.15) is 0 Å². The molecule has 0 aliphatic heterocycles. The Morgan fingerprint density at radius 2 is 0.805 bits per heavy atom. The molecule has 1 atom stereocenters. The van der Waals surface area contributed by atoms with E-state index in [1.165, 1.54) is 128 Å². The number of carbonyl (C=O) groups is 4. The quantitative estimate of drug-likeness (QED) is 0.0434. The van der Waals surface area contributed by atoms with Gasteiger partial charge >= 0.3 is 23.9 Å². The normalized spacial score (nSPS) is 12.6. The van der Waals surface area contributed by atoms with Crippen molar-refractivity contribution in [2.24, 2.45) is 0 Å². The molecule has 41 heavy (non-hydrogen) atoms. The SMILES string of the molecule is CCCCCCCCCCCCCCCCCCCCCCCCCCC(=O)OC(=O)CC(O)(CC(=O)O)C(=O)O. The van der Waals surface area contributed by atoms with Gasteiger partial charge in [0.2, 0.25) is 0 Å². The van der Waals surface area contributed by atoms with Crippen molar-refractivity contribution in [1.29, 1.82) is 0 Å². The summed E-state index contributed by atoms with van der Waals surface area (Å²) in [5.74, 6) is -5.47. The lowest BCUT2D eigenvalue weighted by Gasteiger charge is -2.19. The molecular weight excluding hydrogens is 524 g/mol. The van der Waals surface area contributed by atoms with Crippen LogP contribution in [0.2, 0.25) is 0 Å². The number of carbonyl (C=O) groups excluding carboxylic acids is 2. The number of aliphatic hydroxyl groups is 1. The van der Waals surface area contributed by atoms with E-state index in [9.17, 15) is 24.3 Å². The maximum absolute atomic E-state index is 11.8. The maximum atomic E-state index is 11.8. The minimum atomic E-state index is -2.80. The molecule has 0 amide bonds. The number of hydrogen-bond donors (Lipinski definition) is 3. The predicted molar refractivity (Wildman–Crippen MR) is 162 cm³/mol. The molecule has 0 bridgehead atoms. The highest BCUT2D eigenvalue weighted by Gasteiger charge is 2.41. The largest absolute Gasteiger partial charge is 0.481 e. The second kappa shape index (κ2) is 26.9. The van der Waals surface area contributed by atoms with E-state index in [0.29, 0.717) is 6.42 Å². The summed E-state index contributed by atoms with van der Waals surface area (Å²) < 4.78 is 4.54. The van der Waals surface area contributed by atoms with Crippen molar-refractivity contribution in [2.75, 3.05) is 0 Å². The first-order valence-corrected chi connectivity index (χ1v) is 16.6. The van der Waals surface area contributed by atoms with Crippen molar-refractivity contribution in [1.82, 2.24) is 0 Å². The third-order valence-electron chi connectivity index (χ3n) is 7.74. The summed E-state index contributed by atoms with van der Waals surface area (Å²) in [7, 11) is 0. The third kappa shape index (κ3) is 25.5. The van der Waals surface area contributed by atoms with E-state index in [-0.39, 0.29) is 6.42 Å². The van der Waals surface area contributed by atoms with E-state index in [4.69, 9.17) is 10.2 Å². The van der Waals surface area contributed by atoms with Crippen LogP contribution in [0.5, 0.6) is 0 Å². The van der Waals surface area contributed by atoms with E-state index >= 15 is 0 Å². The number of unbranched alkanes of at least 4 members (excludes halogenated alkanes) is 23.